The fourth-order valence-electron chi connectivity index (χ4n) is 1.78. The van der Waals surface area contributed by atoms with Gasteiger partial charge >= 0.3 is 5.97 Å². The third-order valence-electron chi connectivity index (χ3n) is 2.85. The second kappa shape index (κ2) is 6.98. The van der Waals surface area contributed by atoms with Gasteiger partial charge in [-0.15, -0.1) is 10.2 Å². The van der Waals surface area contributed by atoms with Gasteiger partial charge in [0, 0.05) is 6.54 Å². The van der Waals surface area contributed by atoms with Gasteiger partial charge in [-0.05, 0) is 24.1 Å². The molecule has 0 radical (unpaired) electrons. The number of ether oxygens (including phenoxy) is 1. The summed E-state index contributed by atoms with van der Waals surface area (Å²) >= 11 is 1.11. The van der Waals surface area contributed by atoms with Crippen LogP contribution >= 0.6 is 11.8 Å². The zero-order valence-corrected chi connectivity index (χ0v) is 12.3. The van der Waals surface area contributed by atoms with E-state index in [0.29, 0.717) is 11.7 Å². The van der Waals surface area contributed by atoms with Gasteiger partial charge in [-0.1, -0.05) is 23.9 Å². The summed E-state index contributed by atoms with van der Waals surface area (Å²) in [5.41, 5.74) is 6.89. The molecule has 21 heavy (non-hydrogen) atoms. The topological polar surface area (TPSA) is 103 Å². The molecule has 0 aliphatic carbocycles. The second-order valence-electron chi connectivity index (χ2n) is 4.27. The second-order valence-corrected chi connectivity index (χ2v) is 5.22. The number of benzene rings is 1. The molecule has 0 unspecified atom stereocenters. The van der Waals surface area contributed by atoms with Crippen LogP contribution in [-0.2, 0) is 17.8 Å². The number of anilines is 1. The van der Waals surface area contributed by atoms with Crippen molar-refractivity contribution in [1.29, 1.82) is 0 Å². The Kier molecular flexibility index (Phi) is 5.04. The summed E-state index contributed by atoms with van der Waals surface area (Å²) in [6, 6.07) is 7.74. The summed E-state index contributed by atoms with van der Waals surface area (Å²) in [4.78, 5) is 10.6. The predicted molar refractivity (Wildman–Crippen MR) is 79.5 cm³/mol. The van der Waals surface area contributed by atoms with Crippen molar-refractivity contribution >= 4 is 23.7 Å². The van der Waals surface area contributed by atoms with Crippen molar-refractivity contribution in [3.05, 3.63) is 29.8 Å². The van der Waals surface area contributed by atoms with Crippen LogP contribution in [0.4, 0.5) is 5.95 Å². The van der Waals surface area contributed by atoms with E-state index in [0.717, 1.165) is 29.5 Å². The van der Waals surface area contributed by atoms with Crippen molar-refractivity contribution in [3.63, 3.8) is 0 Å². The van der Waals surface area contributed by atoms with Gasteiger partial charge in [0.1, 0.15) is 5.75 Å². The third kappa shape index (κ3) is 4.12. The molecule has 2 rings (SSSR count). The molecule has 112 valence electrons. The van der Waals surface area contributed by atoms with E-state index >= 15 is 0 Å². The zero-order valence-electron chi connectivity index (χ0n) is 11.5. The molecule has 0 saturated heterocycles. The Bertz CT molecular complexity index is 612. The number of aryl methyl sites for hydroxylation is 1. The largest absolute Gasteiger partial charge is 0.497 e. The molecule has 1 aromatic heterocycles. The molecule has 0 bridgehead atoms. The number of thioether (sulfide) groups is 1. The van der Waals surface area contributed by atoms with Gasteiger partial charge < -0.3 is 15.6 Å². The first kappa shape index (κ1) is 15.2. The number of carboxylic acid groups (broad SMARTS) is 1. The van der Waals surface area contributed by atoms with Crippen LogP contribution in [0.5, 0.6) is 5.75 Å². The lowest BCUT2D eigenvalue weighted by Gasteiger charge is -2.08. The normalized spacial score (nSPS) is 10.5. The van der Waals surface area contributed by atoms with Crippen LogP contribution in [0, 0.1) is 0 Å². The van der Waals surface area contributed by atoms with Gasteiger partial charge in [0.15, 0.2) is 5.16 Å². The first-order chi connectivity index (χ1) is 10.1. The standard InChI is InChI=1S/C13H16N4O3S/c1-20-10-4-2-9(3-5-10)6-7-17-12(14)15-16-13(17)21-8-11(18)19/h2-5H,6-8H2,1H3,(H2,14,15)(H,18,19). The minimum atomic E-state index is -0.900. The molecular weight excluding hydrogens is 292 g/mol. The van der Waals surface area contributed by atoms with E-state index in [2.05, 4.69) is 10.2 Å². The highest BCUT2D eigenvalue weighted by molar-refractivity contribution is 7.99. The van der Waals surface area contributed by atoms with Gasteiger partial charge in [0.25, 0.3) is 0 Å². The number of rotatable bonds is 7. The van der Waals surface area contributed by atoms with Gasteiger partial charge in [-0.3, -0.25) is 9.36 Å². The first-order valence-electron chi connectivity index (χ1n) is 6.26. The average molecular weight is 308 g/mol. The number of nitrogen functional groups attached to an aromatic ring is 1. The van der Waals surface area contributed by atoms with Crippen molar-refractivity contribution in [3.8, 4) is 5.75 Å². The Labute approximate surface area is 126 Å². The fourth-order valence-corrected chi connectivity index (χ4v) is 2.47. The van der Waals surface area contributed by atoms with Crippen LogP contribution in [0.2, 0.25) is 0 Å². The summed E-state index contributed by atoms with van der Waals surface area (Å²) in [7, 11) is 1.62. The van der Waals surface area contributed by atoms with Crippen LogP contribution in [0.25, 0.3) is 0 Å². The first-order valence-corrected chi connectivity index (χ1v) is 7.25. The lowest BCUT2D eigenvalue weighted by molar-refractivity contribution is -0.133. The summed E-state index contributed by atoms with van der Waals surface area (Å²) in [5, 5.41) is 16.9. The Morgan fingerprint density at radius 2 is 2.10 bits per heavy atom. The number of aromatic nitrogens is 3. The average Bonchev–Trinajstić information content (AvgIpc) is 2.84. The molecule has 1 heterocycles. The Balaban J connectivity index is 2.01. The van der Waals surface area contributed by atoms with Crippen molar-refractivity contribution in [2.45, 2.75) is 18.1 Å². The zero-order chi connectivity index (χ0) is 15.2. The molecule has 3 N–H and O–H groups in total. The Morgan fingerprint density at radius 3 is 2.71 bits per heavy atom. The van der Waals surface area contributed by atoms with Crippen LogP contribution < -0.4 is 10.5 Å². The molecular formula is C13H16N4O3S. The summed E-state index contributed by atoms with van der Waals surface area (Å²) in [6.07, 6.45) is 0.743. The SMILES string of the molecule is COc1ccc(CCn2c(N)nnc2SCC(=O)O)cc1. The van der Waals surface area contributed by atoms with Crippen LogP contribution in [0.3, 0.4) is 0 Å². The van der Waals surface area contributed by atoms with Crippen molar-refractivity contribution in [2.24, 2.45) is 0 Å². The maximum Gasteiger partial charge on any atom is 0.313 e. The van der Waals surface area contributed by atoms with Crippen LogP contribution in [-0.4, -0.2) is 38.7 Å². The molecule has 1 aromatic carbocycles. The number of methoxy groups -OCH3 is 1. The van der Waals surface area contributed by atoms with Crippen molar-refractivity contribution in [1.82, 2.24) is 14.8 Å². The predicted octanol–water partition coefficient (Wildman–Crippen LogP) is 1.29. The van der Waals surface area contributed by atoms with E-state index in [9.17, 15) is 4.79 Å². The third-order valence-corrected chi connectivity index (χ3v) is 3.80. The molecule has 0 fully saturated rings. The molecule has 0 saturated carbocycles. The Hall–Kier alpha value is -2.22. The van der Waals surface area contributed by atoms with E-state index in [1.54, 1.807) is 11.7 Å². The summed E-state index contributed by atoms with van der Waals surface area (Å²) in [6.45, 7) is 0.590. The molecule has 0 amide bonds. The Morgan fingerprint density at radius 1 is 1.38 bits per heavy atom. The lowest BCUT2D eigenvalue weighted by atomic mass is 10.1. The number of aliphatic carboxylic acids is 1. The van der Waals surface area contributed by atoms with E-state index in [1.165, 1.54) is 0 Å². The number of hydrogen-bond acceptors (Lipinski definition) is 6. The molecule has 0 spiro atoms. The quantitative estimate of drug-likeness (QED) is 0.743. The number of nitrogens with two attached hydrogens (primary N) is 1. The highest BCUT2D eigenvalue weighted by Gasteiger charge is 2.11. The number of hydrogen-bond donors (Lipinski definition) is 2. The van der Waals surface area contributed by atoms with Gasteiger partial charge in [-0.25, -0.2) is 0 Å². The van der Waals surface area contributed by atoms with Crippen molar-refractivity contribution in [2.75, 3.05) is 18.6 Å². The monoisotopic (exact) mass is 308 g/mol. The van der Waals surface area contributed by atoms with E-state index in [-0.39, 0.29) is 11.7 Å². The summed E-state index contributed by atoms with van der Waals surface area (Å²) < 4.78 is 6.83. The minimum absolute atomic E-state index is 0.0688. The maximum absolute atomic E-state index is 10.6. The lowest BCUT2D eigenvalue weighted by Crippen LogP contribution is -2.08. The van der Waals surface area contributed by atoms with E-state index in [1.807, 2.05) is 24.3 Å². The smallest absolute Gasteiger partial charge is 0.313 e. The van der Waals surface area contributed by atoms with Gasteiger partial charge in [0.2, 0.25) is 5.95 Å². The molecule has 7 nitrogen and oxygen atoms in total. The summed E-state index contributed by atoms with van der Waals surface area (Å²) in [5.74, 6) is 0.126. The maximum atomic E-state index is 10.6. The highest BCUT2D eigenvalue weighted by atomic mass is 32.2. The highest BCUT2D eigenvalue weighted by Crippen LogP contribution is 2.19. The number of carboxylic acids is 1. The van der Waals surface area contributed by atoms with Crippen LogP contribution in [0.1, 0.15) is 5.56 Å². The fraction of sp³-hybridized carbons (Fsp3) is 0.308. The van der Waals surface area contributed by atoms with E-state index in [4.69, 9.17) is 15.6 Å². The molecule has 2 aromatic rings. The van der Waals surface area contributed by atoms with Gasteiger partial charge in [-0.2, -0.15) is 0 Å². The minimum Gasteiger partial charge on any atom is -0.497 e. The number of nitrogens with zero attached hydrogens (tertiary/aromatic N) is 3. The van der Waals surface area contributed by atoms with E-state index < -0.39 is 5.97 Å². The molecule has 0 aliphatic rings. The molecule has 0 atom stereocenters. The molecule has 0 aliphatic heterocycles. The molecule has 8 heteroatoms. The number of carbonyl (C=O) groups is 1. The van der Waals surface area contributed by atoms with Crippen molar-refractivity contribution < 1.29 is 14.6 Å². The van der Waals surface area contributed by atoms with Crippen LogP contribution in [0.15, 0.2) is 29.4 Å². The van der Waals surface area contributed by atoms with Gasteiger partial charge in [0.05, 0.1) is 12.9 Å².